The lowest BCUT2D eigenvalue weighted by Crippen LogP contribution is -2.18. The molecule has 0 saturated heterocycles. The summed E-state index contributed by atoms with van der Waals surface area (Å²) >= 11 is 0. The molecule has 0 saturated carbocycles. The first-order chi connectivity index (χ1) is 7.39. The van der Waals surface area contributed by atoms with Crippen LogP contribution in [0.25, 0.3) is 0 Å². The zero-order valence-corrected chi connectivity index (χ0v) is 8.01. The molecule has 0 atom stereocenters. The minimum Gasteiger partial charge on any atom is -0.501 e. The Morgan fingerprint density at radius 2 is 2.06 bits per heavy atom. The van der Waals surface area contributed by atoms with Crippen molar-refractivity contribution in [1.82, 2.24) is 4.98 Å². The highest BCUT2D eigenvalue weighted by atomic mass is 19.4. The van der Waals surface area contributed by atoms with Gasteiger partial charge < -0.3 is 14.6 Å². The Hall–Kier alpha value is -1.73. The molecule has 0 bridgehead atoms. The minimum absolute atomic E-state index is 0.172. The fourth-order valence-electron chi connectivity index (χ4n) is 1.01. The van der Waals surface area contributed by atoms with Crippen molar-refractivity contribution in [2.45, 2.75) is 13.0 Å². The number of nitrogens with zero attached hydrogens (tertiary/aromatic N) is 1. The Morgan fingerprint density at radius 3 is 2.50 bits per heavy atom. The first-order valence-corrected chi connectivity index (χ1v) is 3.95. The number of methoxy groups -OCH3 is 1. The summed E-state index contributed by atoms with van der Waals surface area (Å²) in [4.78, 5) is 3.13. The van der Waals surface area contributed by atoms with Crippen LogP contribution in [0.5, 0.6) is 17.4 Å². The molecular formula is C8H7F4NO3. The van der Waals surface area contributed by atoms with Crippen molar-refractivity contribution in [3.63, 3.8) is 0 Å². The summed E-state index contributed by atoms with van der Waals surface area (Å²) in [6.45, 7) is -1.03. The van der Waals surface area contributed by atoms with Crippen LogP contribution in [0.15, 0.2) is 6.20 Å². The summed E-state index contributed by atoms with van der Waals surface area (Å²) in [5, 5.41) is 9.28. The van der Waals surface area contributed by atoms with Crippen LogP contribution >= 0.6 is 0 Å². The predicted octanol–water partition coefficient (Wildman–Crippen LogP) is 2.16. The van der Waals surface area contributed by atoms with Gasteiger partial charge in [-0.1, -0.05) is 0 Å². The van der Waals surface area contributed by atoms with Gasteiger partial charge in [0.05, 0.1) is 7.11 Å². The molecular weight excluding hydrogens is 234 g/mol. The van der Waals surface area contributed by atoms with Crippen LogP contribution in [0.3, 0.4) is 0 Å². The van der Waals surface area contributed by atoms with Gasteiger partial charge in [-0.15, -0.1) is 13.2 Å². The number of hydrogen-bond acceptors (Lipinski definition) is 4. The van der Waals surface area contributed by atoms with Crippen molar-refractivity contribution >= 4 is 0 Å². The summed E-state index contributed by atoms with van der Waals surface area (Å²) in [5.74, 6) is -2.51. The van der Waals surface area contributed by atoms with Crippen molar-refractivity contribution in [3.8, 4) is 17.4 Å². The van der Waals surface area contributed by atoms with Gasteiger partial charge in [0, 0.05) is 11.8 Å². The van der Waals surface area contributed by atoms with Gasteiger partial charge in [-0.05, 0) is 0 Å². The fourth-order valence-corrected chi connectivity index (χ4v) is 1.01. The molecule has 1 N–H and O–H groups in total. The van der Waals surface area contributed by atoms with E-state index in [1.165, 1.54) is 0 Å². The molecule has 0 unspecified atom stereocenters. The standard InChI is InChI=1S/C8H7F4NO3/c1-15-6-4(2-9)3-13-7(5(6)14)16-8(10,11)12/h3,14H,2H2,1H3. The van der Waals surface area contributed by atoms with Crippen LogP contribution in [0.4, 0.5) is 17.6 Å². The molecule has 8 heteroatoms. The quantitative estimate of drug-likeness (QED) is 0.824. The van der Waals surface area contributed by atoms with Crippen molar-refractivity contribution in [2.24, 2.45) is 0 Å². The van der Waals surface area contributed by atoms with Gasteiger partial charge in [-0.2, -0.15) is 0 Å². The van der Waals surface area contributed by atoms with Crippen molar-refractivity contribution in [3.05, 3.63) is 11.8 Å². The predicted molar refractivity (Wildman–Crippen MR) is 43.9 cm³/mol. The zero-order valence-electron chi connectivity index (χ0n) is 8.01. The van der Waals surface area contributed by atoms with Gasteiger partial charge in [-0.25, -0.2) is 9.37 Å². The third-order valence-electron chi connectivity index (χ3n) is 1.61. The Balaban J connectivity index is 3.14. The van der Waals surface area contributed by atoms with Crippen LogP contribution < -0.4 is 9.47 Å². The van der Waals surface area contributed by atoms with Crippen molar-refractivity contribution in [1.29, 1.82) is 0 Å². The van der Waals surface area contributed by atoms with Gasteiger partial charge >= 0.3 is 6.36 Å². The van der Waals surface area contributed by atoms with Crippen LogP contribution in [-0.2, 0) is 6.67 Å². The molecule has 4 nitrogen and oxygen atoms in total. The highest BCUT2D eigenvalue weighted by molar-refractivity contribution is 5.50. The number of alkyl halides is 4. The van der Waals surface area contributed by atoms with E-state index in [1.807, 2.05) is 0 Å². The SMILES string of the molecule is COc1c(CF)cnc(OC(F)(F)F)c1O. The lowest BCUT2D eigenvalue weighted by atomic mass is 10.2. The van der Waals surface area contributed by atoms with Gasteiger partial charge in [-0.3, -0.25) is 0 Å². The van der Waals surface area contributed by atoms with E-state index in [9.17, 15) is 22.7 Å². The molecule has 0 fully saturated rings. The molecule has 0 aliphatic heterocycles. The second-order valence-corrected chi connectivity index (χ2v) is 2.65. The van der Waals surface area contributed by atoms with E-state index in [2.05, 4.69) is 14.5 Å². The normalized spacial score (nSPS) is 11.3. The van der Waals surface area contributed by atoms with E-state index in [0.29, 0.717) is 0 Å². The number of rotatable bonds is 3. The van der Waals surface area contributed by atoms with Gasteiger partial charge in [0.1, 0.15) is 6.67 Å². The average molecular weight is 241 g/mol. The topological polar surface area (TPSA) is 51.6 Å². The third kappa shape index (κ3) is 2.65. The van der Waals surface area contributed by atoms with E-state index in [4.69, 9.17) is 0 Å². The molecule has 90 valence electrons. The van der Waals surface area contributed by atoms with Crippen LogP contribution in [0, 0.1) is 0 Å². The smallest absolute Gasteiger partial charge is 0.501 e. The van der Waals surface area contributed by atoms with Crippen LogP contribution in [0.1, 0.15) is 5.56 Å². The first kappa shape index (κ1) is 12.3. The molecule has 0 aromatic carbocycles. The number of pyridine rings is 1. The summed E-state index contributed by atoms with van der Waals surface area (Å²) in [5.41, 5.74) is -0.172. The number of aromatic nitrogens is 1. The summed E-state index contributed by atoms with van der Waals surface area (Å²) in [6.07, 6.45) is -4.20. The second-order valence-electron chi connectivity index (χ2n) is 2.65. The highest BCUT2D eigenvalue weighted by Gasteiger charge is 2.34. The summed E-state index contributed by atoms with van der Waals surface area (Å²) in [6, 6.07) is 0. The average Bonchev–Trinajstić information content (AvgIpc) is 2.19. The van der Waals surface area contributed by atoms with E-state index in [1.54, 1.807) is 0 Å². The van der Waals surface area contributed by atoms with Gasteiger partial charge in [0.25, 0.3) is 5.88 Å². The summed E-state index contributed by atoms with van der Waals surface area (Å²) < 4.78 is 55.8. The largest absolute Gasteiger partial charge is 0.574 e. The molecule has 1 aromatic heterocycles. The number of halogens is 4. The maximum Gasteiger partial charge on any atom is 0.574 e. The molecule has 0 spiro atoms. The fraction of sp³-hybridized carbons (Fsp3) is 0.375. The molecule has 0 aliphatic carbocycles. The monoisotopic (exact) mass is 241 g/mol. The number of ether oxygens (including phenoxy) is 2. The van der Waals surface area contributed by atoms with Crippen molar-refractivity contribution < 1.29 is 32.1 Å². The molecule has 16 heavy (non-hydrogen) atoms. The third-order valence-corrected chi connectivity index (χ3v) is 1.61. The lowest BCUT2D eigenvalue weighted by molar-refractivity contribution is -0.276. The maximum atomic E-state index is 12.3. The second kappa shape index (κ2) is 4.42. The number of hydrogen-bond donors (Lipinski definition) is 1. The van der Waals surface area contributed by atoms with E-state index in [0.717, 1.165) is 13.3 Å². The van der Waals surface area contributed by atoms with E-state index < -0.39 is 30.4 Å². The minimum atomic E-state index is -4.99. The van der Waals surface area contributed by atoms with Gasteiger partial charge in [0.2, 0.25) is 5.75 Å². The van der Waals surface area contributed by atoms with Crippen LogP contribution in [-0.4, -0.2) is 23.6 Å². The Kier molecular flexibility index (Phi) is 3.41. The molecule has 0 radical (unpaired) electrons. The number of aromatic hydroxyl groups is 1. The maximum absolute atomic E-state index is 12.3. The molecule has 0 aliphatic rings. The van der Waals surface area contributed by atoms with E-state index in [-0.39, 0.29) is 5.56 Å². The highest BCUT2D eigenvalue weighted by Crippen LogP contribution is 2.39. The van der Waals surface area contributed by atoms with E-state index >= 15 is 0 Å². The molecule has 0 amide bonds. The molecule has 1 rings (SSSR count). The Morgan fingerprint density at radius 1 is 1.44 bits per heavy atom. The van der Waals surface area contributed by atoms with Gasteiger partial charge in [0.15, 0.2) is 5.75 Å². The molecule has 1 aromatic rings. The molecule has 1 heterocycles. The Labute approximate surface area is 87.4 Å². The zero-order chi connectivity index (χ0) is 12.3. The summed E-state index contributed by atoms with van der Waals surface area (Å²) in [7, 11) is 1.07. The van der Waals surface area contributed by atoms with Crippen LogP contribution in [0.2, 0.25) is 0 Å². The van der Waals surface area contributed by atoms with Crippen molar-refractivity contribution in [2.75, 3.05) is 7.11 Å². The first-order valence-electron chi connectivity index (χ1n) is 3.95. The lowest BCUT2D eigenvalue weighted by Gasteiger charge is -2.12. The Bertz CT molecular complexity index is 380.